The fourth-order valence-electron chi connectivity index (χ4n) is 2.93. The maximum absolute atomic E-state index is 15.0. The van der Waals surface area contributed by atoms with E-state index in [1.54, 1.807) is 0 Å². The van der Waals surface area contributed by atoms with E-state index in [0.717, 1.165) is 31.5 Å². The number of amides is 2. The topological polar surface area (TPSA) is 112 Å². The lowest BCUT2D eigenvalue weighted by atomic mass is 10.1. The summed E-state index contributed by atoms with van der Waals surface area (Å²) in [5, 5.41) is 4.43. The van der Waals surface area contributed by atoms with Crippen molar-refractivity contribution in [1.29, 1.82) is 0 Å². The van der Waals surface area contributed by atoms with Crippen molar-refractivity contribution in [2.75, 3.05) is 19.5 Å². The predicted octanol–water partition coefficient (Wildman–Crippen LogP) is 4.95. The molecule has 2 amide bonds. The molecule has 0 unspecified atom stereocenters. The van der Waals surface area contributed by atoms with Gasteiger partial charge in [0.25, 0.3) is 11.8 Å². The van der Waals surface area contributed by atoms with Crippen LogP contribution in [0.3, 0.4) is 0 Å². The number of carbonyl (C=O) groups excluding carboxylic acids is 2. The summed E-state index contributed by atoms with van der Waals surface area (Å²) in [6.07, 6.45) is -8.92. The Morgan fingerprint density at radius 3 is 2.16 bits per heavy atom. The van der Waals surface area contributed by atoms with Crippen LogP contribution in [0.25, 0.3) is 0 Å². The first-order valence-electron chi connectivity index (χ1n) is 10.1. The number of nitrogens with one attached hydrogen (secondary N) is 2. The number of aromatic nitrogens is 2. The van der Waals surface area contributed by atoms with E-state index in [-0.39, 0.29) is 11.4 Å². The molecule has 1 aromatic carbocycles. The van der Waals surface area contributed by atoms with Gasteiger partial charge in [-0.1, -0.05) is 0 Å². The monoisotopic (exact) mass is 548 g/mol. The molecule has 3 aromatic rings. The first kappa shape index (κ1) is 27.9. The number of halogens is 7. The highest BCUT2D eigenvalue weighted by Gasteiger charge is 2.39. The van der Waals surface area contributed by atoms with Crippen LogP contribution in [0, 0.1) is 5.82 Å². The van der Waals surface area contributed by atoms with Crippen LogP contribution in [-0.4, -0.2) is 42.3 Å². The molecule has 0 fully saturated rings. The average Bonchev–Trinajstić information content (AvgIpc) is 2.83. The van der Waals surface area contributed by atoms with Crippen LogP contribution < -0.4 is 24.8 Å². The second kappa shape index (κ2) is 10.8. The molecule has 0 spiro atoms. The Morgan fingerprint density at radius 2 is 1.61 bits per heavy atom. The summed E-state index contributed by atoms with van der Waals surface area (Å²) in [7, 11) is 2.38. The number of alkyl halides is 6. The molecule has 0 atom stereocenters. The van der Waals surface area contributed by atoms with E-state index in [1.807, 2.05) is 0 Å². The van der Waals surface area contributed by atoms with Gasteiger partial charge in [0.15, 0.2) is 28.8 Å². The second-order valence-electron chi connectivity index (χ2n) is 7.09. The molecule has 0 saturated heterocycles. The van der Waals surface area contributed by atoms with Crippen molar-refractivity contribution in [2.45, 2.75) is 12.5 Å². The van der Waals surface area contributed by atoms with Crippen molar-refractivity contribution in [3.05, 3.63) is 65.5 Å². The Hall–Kier alpha value is -4.63. The minimum atomic E-state index is -5.29. The van der Waals surface area contributed by atoms with Gasteiger partial charge >= 0.3 is 12.5 Å². The number of carbonyl (C=O) groups is 2. The summed E-state index contributed by atoms with van der Waals surface area (Å²) in [5.41, 5.74) is -3.43. The summed E-state index contributed by atoms with van der Waals surface area (Å²) in [6.45, 7) is 0. The molecule has 0 aliphatic carbocycles. The van der Waals surface area contributed by atoms with E-state index in [2.05, 4.69) is 25.3 Å². The second-order valence-corrected chi connectivity index (χ2v) is 7.09. The molecule has 202 valence electrons. The first-order chi connectivity index (χ1) is 17.7. The highest BCUT2D eigenvalue weighted by molar-refractivity contribution is 6.06. The Bertz CT molecular complexity index is 1350. The van der Waals surface area contributed by atoms with Crippen LogP contribution in [0.5, 0.6) is 23.0 Å². The number of hydrogen-bond acceptors (Lipinski definition) is 7. The third-order valence-electron chi connectivity index (χ3n) is 4.55. The number of hydrogen-bond donors (Lipinski definition) is 2. The first-order valence-corrected chi connectivity index (χ1v) is 10.1. The van der Waals surface area contributed by atoms with Gasteiger partial charge < -0.3 is 24.8 Å². The molecule has 0 aliphatic heterocycles. The molecule has 3 rings (SSSR count). The number of rotatable bonds is 7. The van der Waals surface area contributed by atoms with Crippen LogP contribution in [0.4, 0.5) is 36.4 Å². The highest BCUT2D eigenvalue weighted by atomic mass is 19.4. The molecule has 0 bridgehead atoms. The van der Waals surface area contributed by atoms with Crippen LogP contribution >= 0.6 is 0 Å². The third-order valence-corrected chi connectivity index (χ3v) is 4.55. The van der Waals surface area contributed by atoms with Crippen molar-refractivity contribution in [3.8, 4) is 23.0 Å². The number of benzene rings is 1. The quantitative estimate of drug-likeness (QED) is 0.402. The minimum Gasteiger partial charge on any atom is -0.493 e. The Kier molecular flexibility index (Phi) is 7.93. The lowest BCUT2D eigenvalue weighted by Crippen LogP contribution is -2.21. The fraction of sp³-hybridized carbons (Fsp3) is 0.182. The summed E-state index contributed by atoms with van der Waals surface area (Å²) < 4.78 is 106. The van der Waals surface area contributed by atoms with Crippen molar-refractivity contribution in [2.24, 2.45) is 0 Å². The highest BCUT2D eigenvalue weighted by Crippen LogP contribution is 2.39. The maximum atomic E-state index is 15.0. The molecule has 2 aromatic heterocycles. The van der Waals surface area contributed by atoms with Gasteiger partial charge in [0.1, 0.15) is 17.0 Å². The molecular weight excluding hydrogens is 533 g/mol. The fourth-order valence-corrected chi connectivity index (χ4v) is 2.93. The molecule has 0 radical (unpaired) electrons. The lowest BCUT2D eigenvalue weighted by molar-refractivity contribution is -0.274. The Labute approximate surface area is 208 Å². The van der Waals surface area contributed by atoms with E-state index in [1.165, 1.54) is 19.2 Å². The molecule has 16 heteroatoms. The van der Waals surface area contributed by atoms with E-state index in [4.69, 9.17) is 9.47 Å². The lowest BCUT2D eigenvalue weighted by Gasteiger charge is -2.17. The standard InChI is InChI=1S/C22H15F7N4O5/c1-30-19(34)12-5-3-10(8-31-12)33-20(35)16-15(9-32-18(17(16)23)21(24,25)26)37-13-6-4-11(7-14(13)36-2)38-22(27,28)29/h3-9H,1-2H3,(H,30,34)(H,33,35). The number of ether oxygens (including phenoxy) is 3. The Morgan fingerprint density at radius 1 is 0.895 bits per heavy atom. The van der Waals surface area contributed by atoms with Crippen LogP contribution in [0.15, 0.2) is 42.7 Å². The van der Waals surface area contributed by atoms with Crippen molar-refractivity contribution < 1.29 is 54.5 Å². The zero-order valence-electron chi connectivity index (χ0n) is 19.1. The van der Waals surface area contributed by atoms with E-state index in [0.29, 0.717) is 6.20 Å². The average molecular weight is 548 g/mol. The summed E-state index contributed by atoms with van der Waals surface area (Å²) >= 11 is 0. The van der Waals surface area contributed by atoms with E-state index < -0.39 is 64.4 Å². The van der Waals surface area contributed by atoms with Crippen molar-refractivity contribution in [3.63, 3.8) is 0 Å². The van der Waals surface area contributed by atoms with Crippen LogP contribution in [0.1, 0.15) is 26.5 Å². The molecule has 2 N–H and O–H groups in total. The third kappa shape index (κ3) is 6.57. The number of pyridine rings is 2. The number of nitrogens with zero attached hydrogens (tertiary/aromatic N) is 2. The van der Waals surface area contributed by atoms with Gasteiger partial charge in [0.05, 0.1) is 25.2 Å². The molecule has 38 heavy (non-hydrogen) atoms. The van der Waals surface area contributed by atoms with E-state index in [9.17, 15) is 40.3 Å². The van der Waals surface area contributed by atoms with Gasteiger partial charge in [-0.15, -0.1) is 13.2 Å². The van der Waals surface area contributed by atoms with Gasteiger partial charge in [-0.25, -0.2) is 14.4 Å². The molecule has 0 aliphatic rings. The molecule has 0 saturated carbocycles. The van der Waals surface area contributed by atoms with Gasteiger partial charge in [-0.05, 0) is 24.3 Å². The SMILES string of the molecule is CNC(=O)c1ccc(NC(=O)c2c(Oc3ccc(OC(F)(F)F)cc3OC)cnc(C(F)(F)F)c2F)cn1. The Balaban J connectivity index is 2.01. The maximum Gasteiger partial charge on any atom is 0.573 e. The number of anilines is 1. The zero-order chi connectivity index (χ0) is 28.3. The molecule has 2 heterocycles. The molecule has 9 nitrogen and oxygen atoms in total. The van der Waals surface area contributed by atoms with Gasteiger partial charge in [-0.2, -0.15) is 13.2 Å². The normalized spacial score (nSPS) is 11.5. The van der Waals surface area contributed by atoms with E-state index >= 15 is 0 Å². The van der Waals surface area contributed by atoms with Gasteiger partial charge in [0, 0.05) is 13.1 Å². The predicted molar refractivity (Wildman–Crippen MR) is 115 cm³/mol. The van der Waals surface area contributed by atoms with Crippen molar-refractivity contribution >= 4 is 17.5 Å². The minimum absolute atomic E-state index is 0.0472. The largest absolute Gasteiger partial charge is 0.573 e. The van der Waals surface area contributed by atoms with Crippen molar-refractivity contribution in [1.82, 2.24) is 15.3 Å². The van der Waals surface area contributed by atoms with Gasteiger partial charge in [0.2, 0.25) is 0 Å². The summed E-state index contributed by atoms with van der Waals surface area (Å²) in [5.74, 6) is -6.42. The van der Waals surface area contributed by atoms with Crippen LogP contribution in [-0.2, 0) is 6.18 Å². The smallest absolute Gasteiger partial charge is 0.493 e. The summed E-state index contributed by atoms with van der Waals surface area (Å²) in [6, 6.07) is 4.79. The number of methoxy groups -OCH3 is 1. The molecular formula is C22H15F7N4O5. The van der Waals surface area contributed by atoms with Gasteiger partial charge in [-0.3, -0.25) is 9.59 Å². The summed E-state index contributed by atoms with van der Waals surface area (Å²) in [4.78, 5) is 31.2. The van der Waals surface area contributed by atoms with Crippen LogP contribution in [0.2, 0.25) is 0 Å². The zero-order valence-corrected chi connectivity index (χ0v) is 19.1.